The lowest BCUT2D eigenvalue weighted by Gasteiger charge is -2.49. The van der Waals surface area contributed by atoms with E-state index in [1.165, 1.54) is 22.3 Å². The number of ether oxygens (including phenoxy) is 1. The molecule has 2 aromatic heterocycles. The molecule has 1 aromatic carbocycles. The van der Waals surface area contributed by atoms with Crippen LogP contribution in [0.2, 0.25) is 10.0 Å². The van der Waals surface area contributed by atoms with E-state index < -0.39 is 40.4 Å². The van der Waals surface area contributed by atoms with Gasteiger partial charge in [-0.3, -0.25) is 4.79 Å². The average molecular weight is 615 g/mol. The lowest BCUT2D eigenvalue weighted by molar-refractivity contribution is -0.0382. The number of hydrogen-bond donors (Lipinski definition) is 0. The van der Waals surface area contributed by atoms with Gasteiger partial charge in [-0.05, 0) is 46.8 Å². The molecule has 0 radical (unpaired) electrons. The van der Waals surface area contributed by atoms with E-state index in [4.69, 9.17) is 32.4 Å². The Hall–Kier alpha value is -2.83. The number of likely N-dealkylation sites (tertiary alicyclic amines) is 2. The molecule has 5 rings (SSSR count). The van der Waals surface area contributed by atoms with Crippen molar-refractivity contribution in [3.05, 3.63) is 61.2 Å². The van der Waals surface area contributed by atoms with Crippen molar-refractivity contribution in [3.8, 4) is 0 Å². The fourth-order valence-corrected chi connectivity index (χ4v) is 6.33. The van der Waals surface area contributed by atoms with Gasteiger partial charge in [0.1, 0.15) is 10.5 Å². The number of benzene rings is 1. The Morgan fingerprint density at radius 3 is 2.38 bits per heavy atom. The minimum atomic E-state index is -3.64. The minimum absolute atomic E-state index is 0.0345. The van der Waals surface area contributed by atoms with Gasteiger partial charge in [0, 0.05) is 37.2 Å². The zero-order valence-electron chi connectivity index (χ0n) is 22.4. The number of hydrogen-bond acceptors (Lipinski definition) is 8. The van der Waals surface area contributed by atoms with E-state index in [0.717, 1.165) is 17.1 Å². The number of thiazole rings is 1. The summed E-state index contributed by atoms with van der Waals surface area (Å²) in [6, 6.07) is 3.46. The van der Waals surface area contributed by atoms with Crippen molar-refractivity contribution in [1.29, 1.82) is 0 Å². The van der Waals surface area contributed by atoms with Gasteiger partial charge in [-0.25, -0.2) is 9.78 Å². The van der Waals surface area contributed by atoms with Gasteiger partial charge in [0.2, 0.25) is 5.89 Å². The molecule has 2 aliphatic heterocycles. The Balaban J connectivity index is 1.44. The standard InChI is InChI=1S/C26H27Cl2F2N5O4S/c1-13-19(40-14(2)31-13)21(36)34-9-16(25(10-34)11-35(12-25)23(37)39-24(3,4)5)20-32-33-22(38-20)26(29,30)15-6-7-17(27)18(28)8-15/h6-8,16H,9-12H2,1-5H3. The van der Waals surface area contributed by atoms with E-state index in [9.17, 15) is 9.59 Å². The Morgan fingerprint density at radius 1 is 1.10 bits per heavy atom. The molecule has 0 saturated carbocycles. The lowest BCUT2D eigenvalue weighted by Crippen LogP contribution is -2.62. The van der Waals surface area contributed by atoms with Crippen LogP contribution in [0, 0.1) is 19.3 Å². The second-order valence-corrected chi connectivity index (χ2v) is 13.3. The van der Waals surface area contributed by atoms with Gasteiger partial charge in [0.05, 0.1) is 26.7 Å². The number of alkyl halides is 2. The maximum atomic E-state index is 15.3. The van der Waals surface area contributed by atoms with Crippen molar-refractivity contribution in [2.45, 2.75) is 52.1 Å². The average Bonchev–Trinajstić information content (AvgIpc) is 3.54. The van der Waals surface area contributed by atoms with Crippen molar-refractivity contribution in [1.82, 2.24) is 25.0 Å². The van der Waals surface area contributed by atoms with Crippen LogP contribution in [0.5, 0.6) is 0 Å². The molecule has 0 bridgehead atoms. The Morgan fingerprint density at radius 2 is 1.77 bits per heavy atom. The summed E-state index contributed by atoms with van der Waals surface area (Å²) in [5.74, 6) is -5.39. The van der Waals surface area contributed by atoms with Crippen molar-refractivity contribution in [2.75, 3.05) is 26.2 Å². The molecule has 14 heteroatoms. The van der Waals surface area contributed by atoms with Gasteiger partial charge in [0.15, 0.2) is 0 Å². The van der Waals surface area contributed by atoms with Crippen molar-refractivity contribution >= 4 is 46.5 Å². The van der Waals surface area contributed by atoms with Crippen LogP contribution in [-0.4, -0.2) is 68.8 Å². The second kappa shape index (κ2) is 9.92. The van der Waals surface area contributed by atoms with Gasteiger partial charge >= 0.3 is 12.0 Å². The fraction of sp³-hybridized carbons (Fsp3) is 0.500. The van der Waals surface area contributed by atoms with Crippen LogP contribution in [0.3, 0.4) is 0 Å². The summed E-state index contributed by atoms with van der Waals surface area (Å²) >= 11 is 13.1. The van der Waals surface area contributed by atoms with E-state index in [1.54, 1.807) is 32.6 Å². The van der Waals surface area contributed by atoms with Crippen LogP contribution in [0.1, 0.15) is 64.4 Å². The summed E-state index contributed by atoms with van der Waals surface area (Å²) in [6.45, 7) is 9.79. The highest BCUT2D eigenvalue weighted by atomic mass is 35.5. The first-order valence-corrected chi connectivity index (χ1v) is 14.1. The second-order valence-electron chi connectivity index (χ2n) is 11.2. The van der Waals surface area contributed by atoms with Gasteiger partial charge in [-0.1, -0.05) is 29.3 Å². The molecule has 1 unspecified atom stereocenters. The summed E-state index contributed by atoms with van der Waals surface area (Å²) in [4.78, 5) is 34.2. The molecule has 3 aromatic rings. The van der Waals surface area contributed by atoms with Crippen LogP contribution in [0.15, 0.2) is 22.6 Å². The molecule has 0 aliphatic carbocycles. The first-order valence-electron chi connectivity index (χ1n) is 12.5. The largest absolute Gasteiger partial charge is 0.444 e. The minimum Gasteiger partial charge on any atom is -0.444 e. The first-order chi connectivity index (χ1) is 18.6. The number of carbonyl (C=O) groups is 2. The molecule has 2 aliphatic rings. The van der Waals surface area contributed by atoms with Crippen molar-refractivity contribution in [2.24, 2.45) is 5.41 Å². The van der Waals surface area contributed by atoms with E-state index in [-0.39, 0.29) is 48.0 Å². The number of amides is 2. The third-order valence-electron chi connectivity index (χ3n) is 6.99. The molecule has 2 fully saturated rings. The first kappa shape index (κ1) is 28.7. The highest BCUT2D eigenvalue weighted by Crippen LogP contribution is 2.50. The predicted molar refractivity (Wildman–Crippen MR) is 144 cm³/mol. The number of aryl methyl sites for hydroxylation is 2. The normalized spacial score (nSPS) is 18.8. The number of halogens is 4. The Kier molecular flexibility index (Phi) is 7.11. The number of nitrogens with zero attached hydrogens (tertiary/aromatic N) is 5. The third kappa shape index (κ3) is 5.16. The van der Waals surface area contributed by atoms with Crippen LogP contribution >= 0.6 is 34.5 Å². The SMILES string of the molecule is Cc1nc(C)c(C(=O)N2CC(c3nnc(C(F)(F)c4ccc(Cl)c(Cl)c4)o3)C3(CN(C(=O)OC(C)(C)C)C3)C2)s1. The number of carbonyl (C=O) groups excluding carboxylic acids is 2. The molecule has 214 valence electrons. The van der Waals surface area contributed by atoms with E-state index in [2.05, 4.69) is 15.2 Å². The van der Waals surface area contributed by atoms with E-state index >= 15 is 8.78 Å². The highest BCUT2D eigenvalue weighted by molar-refractivity contribution is 7.13. The van der Waals surface area contributed by atoms with Crippen LogP contribution in [-0.2, 0) is 10.7 Å². The van der Waals surface area contributed by atoms with Crippen molar-refractivity contribution < 1.29 is 27.5 Å². The fourth-order valence-electron chi connectivity index (χ4n) is 5.14. The van der Waals surface area contributed by atoms with Crippen molar-refractivity contribution in [3.63, 3.8) is 0 Å². The molecule has 9 nitrogen and oxygen atoms in total. The Bertz CT molecular complexity index is 1480. The van der Waals surface area contributed by atoms with Gasteiger partial charge in [-0.15, -0.1) is 21.5 Å². The zero-order chi connectivity index (χ0) is 29.2. The summed E-state index contributed by atoms with van der Waals surface area (Å²) in [6.07, 6.45) is -0.493. The molecule has 2 saturated heterocycles. The van der Waals surface area contributed by atoms with Gasteiger partial charge < -0.3 is 19.0 Å². The summed E-state index contributed by atoms with van der Waals surface area (Å²) < 4.78 is 41.8. The monoisotopic (exact) mass is 613 g/mol. The molecule has 1 atom stereocenters. The van der Waals surface area contributed by atoms with Crippen LogP contribution in [0.4, 0.5) is 13.6 Å². The maximum absolute atomic E-state index is 15.3. The highest BCUT2D eigenvalue weighted by Gasteiger charge is 2.59. The molecule has 2 amide bonds. The number of rotatable bonds is 4. The summed E-state index contributed by atoms with van der Waals surface area (Å²) in [5.41, 5.74) is -1.19. The molecule has 40 heavy (non-hydrogen) atoms. The van der Waals surface area contributed by atoms with Gasteiger partial charge in [-0.2, -0.15) is 8.78 Å². The summed E-state index contributed by atoms with van der Waals surface area (Å²) in [7, 11) is 0. The molecular weight excluding hydrogens is 587 g/mol. The van der Waals surface area contributed by atoms with E-state index in [0.29, 0.717) is 10.6 Å². The third-order valence-corrected chi connectivity index (χ3v) is 8.79. The predicted octanol–water partition coefficient (Wildman–Crippen LogP) is 6.07. The Labute approximate surface area is 243 Å². The topological polar surface area (TPSA) is 102 Å². The zero-order valence-corrected chi connectivity index (χ0v) is 24.8. The number of aromatic nitrogens is 3. The van der Waals surface area contributed by atoms with E-state index in [1.807, 2.05) is 6.92 Å². The lowest BCUT2D eigenvalue weighted by atomic mass is 9.71. The molecule has 0 N–H and O–H groups in total. The van der Waals surface area contributed by atoms with Crippen LogP contribution in [0.25, 0.3) is 0 Å². The van der Waals surface area contributed by atoms with Crippen LogP contribution < -0.4 is 0 Å². The maximum Gasteiger partial charge on any atom is 0.410 e. The molecular formula is C26H27Cl2F2N5O4S. The molecule has 4 heterocycles. The molecule has 1 spiro atoms. The smallest absolute Gasteiger partial charge is 0.410 e. The summed E-state index contributed by atoms with van der Waals surface area (Å²) in [5, 5.41) is 8.52. The quantitative estimate of drug-likeness (QED) is 0.352. The van der Waals surface area contributed by atoms with Gasteiger partial charge in [0.25, 0.3) is 11.8 Å².